The highest BCUT2D eigenvalue weighted by Crippen LogP contribution is 2.26. The third kappa shape index (κ3) is 3.47. The highest BCUT2D eigenvalue weighted by atomic mass is 16.2. The number of unbranched alkanes of at least 4 members (excludes halogenated alkanes) is 1. The monoisotopic (exact) mass is 365 g/mol. The number of fused-ring (bicyclic) bond motifs is 1. The molecule has 6 heteroatoms. The molecule has 1 aliphatic heterocycles. The highest BCUT2D eigenvalue weighted by Gasteiger charge is 2.35. The second-order valence-corrected chi connectivity index (χ2v) is 6.87. The Morgan fingerprint density at radius 2 is 1.78 bits per heavy atom. The van der Waals surface area contributed by atoms with Crippen molar-refractivity contribution in [3.63, 3.8) is 0 Å². The van der Waals surface area contributed by atoms with Crippen molar-refractivity contribution in [1.29, 1.82) is 0 Å². The SMILES string of the molecule is CCCCN1C(=O)c2ccc(C(=O)Nc3c(C)cc(C)nc3C)cc2C1=O. The number of amides is 3. The Morgan fingerprint density at radius 1 is 1.07 bits per heavy atom. The first kappa shape index (κ1) is 18.8. The maximum absolute atomic E-state index is 12.7. The van der Waals surface area contributed by atoms with Crippen molar-refractivity contribution in [3.05, 3.63) is 57.9 Å². The fraction of sp³-hybridized carbons (Fsp3) is 0.333. The van der Waals surface area contributed by atoms with Crippen LogP contribution in [0.4, 0.5) is 5.69 Å². The second kappa shape index (κ2) is 7.31. The van der Waals surface area contributed by atoms with E-state index in [0.717, 1.165) is 29.8 Å². The van der Waals surface area contributed by atoms with Gasteiger partial charge in [0.1, 0.15) is 0 Å². The van der Waals surface area contributed by atoms with Gasteiger partial charge < -0.3 is 5.32 Å². The molecule has 1 aromatic carbocycles. The Hall–Kier alpha value is -3.02. The van der Waals surface area contributed by atoms with Gasteiger partial charge in [0.2, 0.25) is 0 Å². The maximum Gasteiger partial charge on any atom is 0.261 e. The zero-order chi connectivity index (χ0) is 19.7. The van der Waals surface area contributed by atoms with E-state index in [1.807, 2.05) is 33.8 Å². The molecular formula is C21H23N3O3. The number of pyridine rings is 1. The van der Waals surface area contributed by atoms with Gasteiger partial charge in [-0.05, 0) is 57.0 Å². The van der Waals surface area contributed by atoms with Crippen LogP contribution < -0.4 is 5.32 Å². The first-order valence-corrected chi connectivity index (χ1v) is 9.10. The van der Waals surface area contributed by atoms with Crippen molar-refractivity contribution < 1.29 is 14.4 Å². The first-order chi connectivity index (χ1) is 12.8. The first-order valence-electron chi connectivity index (χ1n) is 9.10. The molecule has 3 rings (SSSR count). The van der Waals surface area contributed by atoms with Gasteiger partial charge in [0, 0.05) is 17.8 Å². The minimum Gasteiger partial charge on any atom is -0.320 e. The van der Waals surface area contributed by atoms with Gasteiger partial charge in [-0.1, -0.05) is 13.3 Å². The number of aryl methyl sites for hydroxylation is 3. The molecule has 2 aromatic rings. The van der Waals surface area contributed by atoms with Crippen LogP contribution in [0.5, 0.6) is 0 Å². The molecule has 0 aliphatic carbocycles. The summed E-state index contributed by atoms with van der Waals surface area (Å²) in [7, 11) is 0. The van der Waals surface area contributed by atoms with Crippen LogP contribution in [0.3, 0.4) is 0 Å². The van der Waals surface area contributed by atoms with E-state index in [1.54, 1.807) is 12.1 Å². The van der Waals surface area contributed by atoms with Crippen molar-refractivity contribution in [2.75, 3.05) is 11.9 Å². The number of hydrogen-bond donors (Lipinski definition) is 1. The van der Waals surface area contributed by atoms with Crippen LogP contribution in [-0.4, -0.2) is 34.2 Å². The molecule has 0 bridgehead atoms. The van der Waals surface area contributed by atoms with E-state index in [2.05, 4.69) is 10.3 Å². The summed E-state index contributed by atoms with van der Waals surface area (Å²) in [5.41, 5.74) is 4.20. The lowest BCUT2D eigenvalue weighted by Crippen LogP contribution is -2.30. The lowest BCUT2D eigenvalue weighted by molar-refractivity contribution is 0.0652. The Labute approximate surface area is 158 Å². The van der Waals surface area contributed by atoms with Crippen LogP contribution in [0.2, 0.25) is 0 Å². The van der Waals surface area contributed by atoms with Crippen LogP contribution in [0.15, 0.2) is 24.3 Å². The molecule has 140 valence electrons. The highest BCUT2D eigenvalue weighted by molar-refractivity contribution is 6.22. The van der Waals surface area contributed by atoms with E-state index in [1.165, 1.54) is 11.0 Å². The smallest absolute Gasteiger partial charge is 0.261 e. The van der Waals surface area contributed by atoms with Gasteiger partial charge in [-0.25, -0.2) is 0 Å². The molecule has 2 heterocycles. The largest absolute Gasteiger partial charge is 0.320 e. The van der Waals surface area contributed by atoms with Gasteiger partial charge in [-0.3, -0.25) is 24.3 Å². The van der Waals surface area contributed by atoms with Gasteiger partial charge in [0.25, 0.3) is 17.7 Å². The number of rotatable bonds is 5. The number of benzene rings is 1. The number of nitrogens with one attached hydrogen (secondary N) is 1. The average molecular weight is 365 g/mol. The third-order valence-corrected chi connectivity index (χ3v) is 4.73. The van der Waals surface area contributed by atoms with Gasteiger partial charge in [0.15, 0.2) is 0 Å². The van der Waals surface area contributed by atoms with Gasteiger partial charge in [-0.15, -0.1) is 0 Å². The Bertz CT molecular complexity index is 927. The van der Waals surface area contributed by atoms with Crippen molar-refractivity contribution in [3.8, 4) is 0 Å². The van der Waals surface area contributed by atoms with E-state index in [4.69, 9.17) is 0 Å². The molecule has 3 amide bonds. The molecule has 0 radical (unpaired) electrons. The van der Waals surface area contributed by atoms with Gasteiger partial charge in [0.05, 0.1) is 22.5 Å². The topological polar surface area (TPSA) is 79.4 Å². The summed E-state index contributed by atoms with van der Waals surface area (Å²) in [6, 6.07) is 6.54. The lowest BCUT2D eigenvalue weighted by atomic mass is 10.0. The van der Waals surface area contributed by atoms with Crippen molar-refractivity contribution in [1.82, 2.24) is 9.88 Å². The summed E-state index contributed by atoms with van der Waals surface area (Å²) in [5.74, 6) is -0.950. The molecule has 0 saturated heterocycles. The molecule has 0 unspecified atom stereocenters. The standard InChI is InChI=1S/C21H23N3O3/c1-5-6-9-24-20(26)16-8-7-15(11-17(16)21(24)27)19(25)23-18-12(2)10-13(3)22-14(18)4/h7-8,10-11H,5-6,9H2,1-4H3,(H,23,25). The molecule has 0 fully saturated rings. The Kier molecular flexibility index (Phi) is 5.08. The van der Waals surface area contributed by atoms with E-state index >= 15 is 0 Å². The summed E-state index contributed by atoms with van der Waals surface area (Å²) in [6.45, 7) is 8.06. The lowest BCUT2D eigenvalue weighted by Gasteiger charge is -2.12. The third-order valence-electron chi connectivity index (χ3n) is 4.73. The number of anilines is 1. The molecule has 27 heavy (non-hydrogen) atoms. The molecular weight excluding hydrogens is 342 g/mol. The average Bonchev–Trinajstić information content (AvgIpc) is 2.86. The zero-order valence-corrected chi connectivity index (χ0v) is 16.0. The number of nitrogens with zero attached hydrogens (tertiary/aromatic N) is 2. The normalized spacial score (nSPS) is 13.1. The predicted molar refractivity (Wildman–Crippen MR) is 103 cm³/mol. The zero-order valence-electron chi connectivity index (χ0n) is 16.0. The summed E-state index contributed by atoms with van der Waals surface area (Å²) in [6.07, 6.45) is 1.65. The molecule has 0 saturated carbocycles. The molecule has 1 aromatic heterocycles. The predicted octanol–water partition coefficient (Wildman–Crippen LogP) is 3.66. The van der Waals surface area contributed by atoms with Crippen molar-refractivity contribution in [2.45, 2.75) is 40.5 Å². The fourth-order valence-electron chi connectivity index (χ4n) is 3.35. The molecule has 0 atom stereocenters. The molecule has 6 nitrogen and oxygen atoms in total. The van der Waals surface area contributed by atoms with Gasteiger partial charge in [-0.2, -0.15) is 0 Å². The number of hydrogen-bond acceptors (Lipinski definition) is 4. The summed E-state index contributed by atoms with van der Waals surface area (Å²) in [5, 5.41) is 2.87. The number of carbonyl (C=O) groups is 3. The van der Waals surface area contributed by atoms with Crippen LogP contribution in [0.25, 0.3) is 0 Å². The minimum atomic E-state index is -0.332. The van der Waals surface area contributed by atoms with Gasteiger partial charge >= 0.3 is 0 Å². The van der Waals surface area contributed by atoms with E-state index in [-0.39, 0.29) is 17.7 Å². The summed E-state index contributed by atoms with van der Waals surface area (Å²) in [4.78, 5) is 43.3. The number of aromatic nitrogens is 1. The Morgan fingerprint density at radius 3 is 2.44 bits per heavy atom. The van der Waals surface area contributed by atoms with E-state index in [0.29, 0.717) is 28.9 Å². The number of carbonyl (C=O) groups excluding carboxylic acids is 3. The maximum atomic E-state index is 12.7. The quantitative estimate of drug-likeness (QED) is 0.820. The molecule has 1 aliphatic rings. The van der Waals surface area contributed by atoms with Crippen LogP contribution in [-0.2, 0) is 0 Å². The second-order valence-electron chi connectivity index (χ2n) is 6.87. The molecule has 1 N–H and O–H groups in total. The van der Waals surface area contributed by atoms with Crippen LogP contribution in [0.1, 0.15) is 67.8 Å². The van der Waals surface area contributed by atoms with Crippen LogP contribution in [0, 0.1) is 20.8 Å². The number of imide groups is 1. The fourth-order valence-corrected chi connectivity index (χ4v) is 3.35. The van der Waals surface area contributed by atoms with Crippen molar-refractivity contribution >= 4 is 23.4 Å². The van der Waals surface area contributed by atoms with Crippen LogP contribution >= 0.6 is 0 Å². The summed E-state index contributed by atoms with van der Waals surface area (Å²) >= 11 is 0. The van der Waals surface area contributed by atoms with E-state index < -0.39 is 0 Å². The summed E-state index contributed by atoms with van der Waals surface area (Å²) < 4.78 is 0. The van der Waals surface area contributed by atoms with Crippen molar-refractivity contribution in [2.24, 2.45) is 0 Å². The van der Waals surface area contributed by atoms with E-state index in [9.17, 15) is 14.4 Å². The minimum absolute atomic E-state index is 0.287. The molecule has 0 spiro atoms. The Balaban J connectivity index is 1.87.